The molecule has 3 aromatic rings. The van der Waals surface area contributed by atoms with E-state index in [1.807, 2.05) is 25.1 Å². The molecule has 3 rings (SSSR count). The topological polar surface area (TPSA) is 54.5 Å². The van der Waals surface area contributed by atoms with E-state index in [0.717, 1.165) is 16.0 Å². The van der Waals surface area contributed by atoms with Crippen molar-refractivity contribution in [2.45, 2.75) is 6.92 Å². The zero-order valence-corrected chi connectivity index (χ0v) is 15.0. The van der Waals surface area contributed by atoms with Crippen LogP contribution in [0.15, 0.2) is 36.4 Å². The summed E-state index contributed by atoms with van der Waals surface area (Å²) in [7, 11) is 3.49. The Morgan fingerprint density at radius 2 is 2.08 bits per heavy atom. The highest BCUT2D eigenvalue weighted by Gasteiger charge is 2.13. The summed E-state index contributed by atoms with van der Waals surface area (Å²) in [6.45, 7) is 2.51. The Bertz CT molecular complexity index is 924. The lowest BCUT2D eigenvalue weighted by molar-refractivity contribution is 0.102. The monoisotopic (exact) mass is 359 g/mol. The summed E-state index contributed by atoms with van der Waals surface area (Å²) < 4.78 is 20.4. The molecular formula is C18H18FN3O2S. The zero-order valence-electron chi connectivity index (χ0n) is 14.2. The Kier molecular flexibility index (Phi) is 4.85. The molecule has 0 fully saturated rings. The molecule has 1 heterocycles. The van der Waals surface area contributed by atoms with Crippen molar-refractivity contribution >= 4 is 38.3 Å². The number of anilines is 2. The van der Waals surface area contributed by atoms with Crippen LogP contribution in [0.1, 0.15) is 17.3 Å². The lowest BCUT2D eigenvalue weighted by atomic mass is 10.2. The molecule has 0 radical (unpaired) electrons. The van der Waals surface area contributed by atoms with Crippen LogP contribution in [0.5, 0.6) is 5.75 Å². The number of aromatic nitrogens is 1. The smallest absolute Gasteiger partial charge is 0.257 e. The third-order valence-corrected chi connectivity index (χ3v) is 4.52. The van der Waals surface area contributed by atoms with Crippen molar-refractivity contribution in [1.82, 2.24) is 4.98 Å². The first-order valence-electron chi connectivity index (χ1n) is 7.79. The van der Waals surface area contributed by atoms with Gasteiger partial charge in [0.05, 0.1) is 22.5 Å². The lowest BCUT2D eigenvalue weighted by Crippen LogP contribution is -2.14. The molecule has 0 unspecified atom stereocenters. The number of amides is 1. The van der Waals surface area contributed by atoms with E-state index in [-0.39, 0.29) is 5.56 Å². The molecule has 0 atom stereocenters. The molecule has 0 aliphatic rings. The normalized spacial score (nSPS) is 10.7. The summed E-state index contributed by atoms with van der Waals surface area (Å²) in [5.74, 6) is -0.0746. The van der Waals surface area contributed by atoms with Gasteiger partial charge in [0.1, 0.15) is 11.6 Å². The fraction of sp³-hybridized carbons (Fsp3) is 0.222. The van der Waals surface area contributed by atoms with Crippen molar-refractivity contribution in [3.05, 3.63) is 47.8 Å². The number of halogens is 1. The first-order chi connectivity index (χ1) is 12.0. The maximum absolute atomic E-state index is 14.0. The largest absolute Gasteiger partial charge is 0.494 e. The van der Waals surface area contributed by atoms with Gasteiger partial charge in [-0.1, -0.05) is 11.3 Å². The number of hydrogen-bond donors (Lipinski definition) is 1. The van der Waals surface area contributed by atoms with E-state index in [4.69, 9.17) is 4.74 Å². The number of nitrogens with zero attached hydrogens (tertiary/aromatic N) is 2. The van der Waals surface area contributed by atoms with Crippen molar-refractivity contribution < 1.29 is 13.9 Å². The van der Waals surface area contributed by atoms with Gasteiger partial charge in [-0.3, -0.25) is 10.1 Å². The van der Waals surface area contributed by atoms with Crippen molar-refractivity contribution in [3.63, 3.8) is 0 Å². The number of benzene rings is 2. The maximum atomic E-state index is 14.0. The van der Waals surface area contributed by atoms with Crippen molar-refractivity contribution in [2.75, 3.05) is 30.9 Å². The predicted octanol–water partition coefficient (Wildman–Crippen LogP) is 4.15. The molecule has 130 valence electrons. The van der Waals surface area contributed by atoms with Gasteiger partial charge in [-0.15, -0.1) is 0 Å². The molecule has 5 nitrogen and oxygen atoms in total. The minimum absolute atomic E-state index is 0.248. The van der Waals surface area contributed by atoms with Crippen LogP contribution in [0, 0.1) is 5.82 Å². The lowest BCUT2D eigenvalue weighted by Gasteiger charge is -2.13. The van der Waals surface area contributed by atoms with E-state index in [1.54, 1.807) is 31.1 Å². The number of carbonyl (C=O) groups is 1. The number of nitrogens with one attached hydrogen (secondary N) is 1. The summed E-state index contributed by atoms with van der Waals surface area (Å²) >= 11 is 1.35. The Morgan fingerprint density at radius 1 is 1.28 bits per heavy atom. The first-order valence-corrected chi connectivity index (χ1v) is 8.61. The average molecular weight is 359 g/mol. The average Bonchev–Trinajstić information content (AvgIpc) is 2.96. The van der Waals surface area contributed by atoms with E-state index >= 15 is 0 Å². The SMILES string of the molecule is CCOc1ccc2nc(NC(=O)c3ccc(N(C)C)c(F)c3)sc2c1. The molecule has 0 saturated carbocycles. The summed E-state index contributed by atoms with van der Waals surface area (Å²) in [6.07, 6.45) is 0. The predicted molar refractivity (Wildman–Crippen MR) is 99.5 cm³/mol. The molecule has 1 amide bonds. The van der Waals surface area contributed by atoms with Crippen molar-refractivity contribution in [3.8, 4) is 5.75 Å². The Hall–Kier alpha value is -2.67. The van der Waals surface area contributed by atoms with E-state index in [9.17, 15) is 9.18 Å². The fourth-order valence-electron chi connectivity index (χ4n) is 2.39. The molecule has 0 saturated heterocycles. The van der Waals surface area contributed by atoms with Gasteiger partial charge in [0.25, 0.3) is 5.91 Å². The minimum Gasteiger partial charge on any atom is -0.494 e. The zero-order chi connectivity index (χ0) is 18.0. The highest BCUT2D eigenvalue weighted by Crippen LogP contribution is 2.29. The van der Waals surface area contributed by atoms with Gasteiger partial charge in [0.2, 0.25) is 0 Å². The second kappa shape index (κ2) is 7.06. The van der Waals surface area contributed by atoms with Gasteiger partial charge in [-0.25, -0.2) is 9.37 Å². The summed E-state index contributed by atoms with van der Waals surface area (Å²) in [5, 5.41) is 3.19. The van der Waals surface area contributed by atoms with Crippen LogP contribution in [-0.4, -0.2) is 31.6 Å². The molecule has 0 spiro atoms. The Balaban J connectivity index is 1.80. The number of thiazole rings is 1. The fourth-order valence-corrected chi connectivity index (χ4v) is 3.28. The molecular weight excluding hydrogens is 341 g/mol. The summed E-state index contributed by atoms with van der Waals surface area (Å²) in [6, 6.07) is 9.97. The van der Waals surface area contributed by atoms with Gasteiger partial charge in [-0.2, -0.15) is 0 Å². The molecule has 7 heteroatoms. The molecule has 0 aliphatic heterocycles. The van der Waals surface area contributed by atoms with Crippen LogP contribution in [0.2, 0.25) is 0 Å². The quantitative estimate of drug-likeness (QED) is 0.743. The second-order valence-corrected chi connectivity index (χ2v) is 6.63. The van der Waals surface area contributed by atoms with E-state index in [1.165, 1.54) is 17.4 Å². The minimum atomic E-state index is -0.441. The number of fused-ring (bicyclic) bond motifs is 1. The van der Waals surface area contributed by atoms with Crippen LogP contribution in [-0.2, 0) is 0 Å². The van der Waals surface area contributed by atoms with Crippen LogP contribution < -0.4 is 15.0 Å². The van der Waals surface area contributed by atoms with E-state index in [0.29, 0.717) is 17.4 Å². The Morgan fingerprint density at radius 3 is 2.76 bits per heavy atom. The molecule has 2 aromatic carbocycles. The third-order valence-electron chi connectivity index (χ3n) is 3.58. The van der Waals surface area contributed by atoms with Crippen molar-refractivity contribution in [1.29, 1.82) is 0 Å². The van der Waals surface area contributed by atoms with Gasteiger partial charge in [0.15, 0.2) is 5.13 Å². The molecule has 0 aliphatic carbocycles. The van der Waals surface area contributed by atoms with Crippen LogP contribution in [0.25, 0.3) is 10.2 Å². The number of carbonyl (C=O) groups excluding carboxylic acids is 1. The number of ether oxygens (including phenoxy) is 1. The third kappa shape index (κ3) is 3.71. The number of hydrogen-bond acceptors (Lipinski definition) is 5. The number of rotatable bonds is 5. The summed E-state index contributed by atoms with van der Waals surface area (Å²) in [5.41, 5.74) is 1.45. The molecule has 25 heavy (non-hydrogen) atoms. The van der Waals surface area contributed by atoms with Gasteiger partial charge >= 0.3 is 0 Å². The van der Waals surface area contributed by atoms with Gasteiger partial charge in [-0.05, 0) is 43.3 Å². The second-order valence-electron chi connectivity index (χ2n) is 5.60. The van der Waals surface area contributed by atoms with Crippen LogP contribution >= 0.6 is 11.3 Å². The summed E-state index contributed by atoms with van der Waals surface area (Å²) in [4.78, 5) is 18.4. The first kappa shape index (κ1) is 17.2. The highest BCUT2D eigenvalue weighted by molar-refractivity contribution is 7.22. The van der Waals surface area contributed by atoms with Crippen LogP contribution in [0.4, 0.5) is 15.2 Å². The standard InChI is InChI=1S/C18H18FN3O2S/c1-4-24-12-6-7-14-16(10-12)25-18(20-14)21-17(23)11-5-8-15(22(2)3)13(19)9-11/h5-10H,4H2,1-3H3,(H,20,21,23). The molecule has 1 N–H and O–H groups in total. The van der Waals surface area contributed by atoms with E-state index in [2.05, 4.69) is 10.3 Å². The van der Waals surface area contributed by atoms with Gasteiger partial charge in [0, 0.05) is 19.7 Å². The van der Waals surface area contributed by atoms with Crippen molar-refractivity contribution in [2.24, 2.45) is 0 Å². The Labute approximate surface area is 149 Å². The highest BCUT2D eigenvalue weighted by atomic mass is 32.1. The van der Waals surface area contributed by atoms with Crippen LogP contribution in [0.3, 0.4) is 0 Å². The molecule has 1 aromatic heterocycles. The van der Waals surface area contributed by atoms with Gasteiger partial charge < -0.3 is 9.64 Å². The maximum Gasteiger partial charge on any atom is 0.257 e. The van der Waals surface area contributed by atoms with E-state index < -0.39 is 11.7 Å². The molecule has 0 bridgehead atoms.